The molecule has 0 amide bonds. The summed E-state index contributed by atoms with van der Waals surface area (Å²) in [5, 5.41) is 11.6. The van der Waals surface area contributed by atoms with Gasteiger partial charge in [0.25, 0.3) is 0 Å². The van der Waals surface area contributed by atoms with Gasteiger partial charge in [-0.05, 0) is 43.2 Å². The Balaban J connectivity index is 2.39. The van der Waals surface area contributed by atoms with Gasteiger partial charge in [-0.15, -0.1) is 0 Å². The molecule has 0 atom stereocenters. The fraction of sp³-hybridized carbons (Fsp3) is 0.273. The Bertz CT molecular complexity index is 1020. The Morgan fingerprint density at radius 3 is 2.17 bits per heavy atom. The average molecular weight is 397 g/mol. The number of carbonyl (C=O) groups excluding carboxylic acids is 1. The molecule has 1 aromatic heterocycles. The van der Waals surface area contributed by atoms with Gasteiger partial charge in [0, 0.05) is 28.7 Å². The third-order valence-electron chi connectivity index (χ3n) is 4.50. The van der Waals surface area contributed by atoms with E-state index in [0.29, 0.717) is 70.0 Å². The minimum absolute atomic E-state index is 0.0633. The van der Waals surface area contributed by atoms with Gasteiger partial charge in [0.2, 0.25) is 5.75 Å². The zero-order valence-electron chi connectivity index (χ0n) is 16.8. The normalized spacial score (nSPS) is 10.6. The number of aromatic nitrogens is 1. The Morgan fingerprint density at radius 1 is 0.966 bits per heavy atom. The van der Waals surface area contributed by atoms with Crippen LogP contribution in [-0.2, 0) is 0 Å². The van der Waals surface area contributed by atoms with Crippen molar-refractivity contribution in [3.05, 3.63) is 36.2 Å². The van der Waals surface area contributed by atoms with Gasteiger partial charge in [0.1, 0.15) is 0 Å². The minimum Gasteiger partial charge on any atom is -0.504 e. The van der Waals surface area contributed by atoms with Crippen molar-refractivity contribution in [2.75, 3.05) is 27.4 Å². The van der Waals surface area contributed by atoms with Gasteiger partial charge in [-0.1, -0.05) is 0 Å². The number of phenols is 1. The number of hydrogen-bond donors (Lipinski definition) is 1. The fourth-order valence-electron chi connectivity index (χ4n) is 3.27. The van der Waals surface area contributed by atoms with E-state index in [1.165, 1.54) is 12.4 Å². The molecule has 0 bridgehead atoms. The quantitative estimate of drug-likeness (QED) is 0.569. The second-order valence-electron chi connectivity index (χ2n) is 6.12. The first kappa shape index (κ1) is 20.3. The van der Waals surface area contributed by atoms with E-state index in [1.807, 2.05) is 13.8 Å². The smallest absolute Gasteiger partial charge is 0.203 e. The van der Waals surface area contributed by atoms with Gasteiger partial charge in [0.05, 0.1) is 27.4 Å². The number of nitrogens with zero attached hydrogens (tertiary/aromatic N) is 1. The average Bonchev–Trinajstić information content (AvgIpc) is 2.75. The van der Waals surface area contributed by atoms with Gasteiger partial charge in [-0.2, -0.15) is 0 Å². The predicted molar refractivity (Wildman–Crippen MR) is 110 cm³/mol. The second kappa shape index (κ2) is 8.68. The third-order valence-corrected chi connectivity index (χ3v) is 4.50. The van der Waals surface area contributed by atoms with E-state index in [9.17, 15) is 9.90 Å². The van der Waals surface area contributed by atoms with Crippen LogP contribution in [0.5, 0.6) is 28.7 Å². The highest BCUT2D eigenvalue weighted by Gasteiger charge is 2.20. The Hall–Kier alpha value is -3.48. The lowest BCUT2D eigenvalue weighted by Gasteiger charge is -2.18. The number of fused-ring (bicyclic) bond motifs is 1. The molecule has 1 N–H and O–H groups in total. The van der Waals surface area contributed by atoms with E-state index < -0.39 is 0 Å². The number of ether oxygens (including phenoxy) is 4. The summed E-state index contributed by atoms with van der Waals surface area (Å²) >= 11 is 0. The minimum atomic E-state index is -0.0633. The molecule has 3 rings (SSSR count). The number of methoxy groups -OCH3 is 2. The molecular formula is C22H23NO6. The maximum Gasteiger partial charge on any atom is 0.203 e. The van der Waals surface area contributed by atoms with Crippen LogP contribution in [0.3, 0.4) is 0 Å². The Morgan fingerprint density at radius 2 is 1.62 bits per heavy atom. The summed E-state index contributed by atoms with van der Waals surface area (Å²) in [4.78, 5) is 15.8. The molecule has 2 aromatic carbocycles. The monoisotopic (exact) mass is 397 g/mol. The number of rotatable bonds is 8. The molecule has 0 saturated heterocycles. The van der Waals surface area contributed by atoms with Gasteiger partial charge in [-0.3, -0.25) is 9.78 Å². The number of aromatic hydroxyl groups is 1. The summed E-state index contributed by atoms with van der Waals surface area (Å²) in [6.45, 7) is 4.52. The Kier molecular flexibility index (Phi) is 6.07. The number of aldehydes is 1. The number of pyridine rings is 1. The summed E-state index contributed by atoms with van der Waals surface area (Å²) < 4.78 is 22.3. The summed E-state index contributed by atoms with van der Waals surface area (Å²) in [7, 11) is 3.09. The van der Waals surface area contributed by atoms with Crippen LogP contribution < -0.4 is 18.9 Å². The van der Waals surface area contributed by atoms with Gasteiger partial charge < -0.3 is 24.1 Å². The molecule has 152 valence electrons. The first-order chi connectivity index (χ1) is 14.1. The second-order valence-corrected chi connectivity index (χ2v) is 6.12. The van der Waals surface area contributed by atoms with Crippen molar-refractivity contribution < 1.29 is 28.8 Å². The lowest BCUT2D eigenvalue weighted by molar-refractivity contribution is 0.112. The molecule has 29 heavy (non-hydrogen) atoms. The summed E-state index contributed by atoms with van der Waals surface area (Å²) in [6.07, 6.45) is 3.68. The van der Waals surface area contributed by atoms with E-state index in [2.05, 4.69) is 4.98 Å². The maximum absolute atomic E-state index is 11.7. The molecule has 0 radical (unpaired) electrons. The van der Waals surface area contributed by atoms with Crippen molar-refractivity contribution >= 4 is 17.1 Å². The van der Waals surface area contributed by atoms with Crippen molar-refractivity contribution in [1.82, 2.24) is 4.98 Å². The molecule has 0 unspecified atom stereocenters. The fourth-order valence-corrected chi connectivity index (χ4v) is 3.27. The molecule has 0 aliphatic heterocycles. The molecule has 3 aromatic rings. The third kappa shape index (κ3) is 3.63. The van der Waals surface area contributed by atoms with E-state index >= 15 is 0 Å². The zero-order valence-corrected chi connectivity index (χ0v) is 16.8. The molecule has 7 heteroatoms. The summed E-state index contributed by atoms with van der Waals surface area (Å²) in [6, 6.07) is 5.29. The number of benzene rings is 2. The van der Waals surface area contributed by atoms with Crippen molar-refractivity contribution in [3.8, 4) is 39.9 Å². The van der Waals surface area contributed by atoms with Crippen molar-refractivity contribution in [2.45, 2.75) is 13.8 Å². The van der Waals surface area contributed by atoms with Gasteiger partial charge >= 0.3 is 0 Å². The SMILES string of the molecule is CCOc1cc(-c2cc(OC)c(OCC)c(OC)c2)c2c(C=O)cncc2c1O. The van der Waals surface area contributed by atoms with E-state index in [-0.39, 0.29) is 5.75 Å². The van der Waals surface area contributed by atoms with Crippen LogP contribution in [0.15, 0.2) is 30.6 Å². The zero-order chi connectivity index (χ0) is 21.0. The molecule has 7 nitrogen and oxygen atoms in total. The number of carbonyl (C=O) groups is 1. The highest BCUT2D eigenvalue weighted by Crippen LogP contribution is 2.46. The number of hydrogen-bond acceptors (Lipinski definition) is 7. The predicted octanol–water partition coefficient (Wildman–Crippen LogP) is 4.23. The molecule has 0 aliphatic carbocycles. The molecule has 0 saturated carbocycles. The maximum atomic E-state index is 11.7. The molecule has 0 aliphatic rings. The molecular weight excluding hydrogens is 374 g/mol. The summed E-state index contributed by atoms with van der Waals surface area (Å²) in [5.41, 5.74) is 1.73. The van der Waals surface area contributed by atoms with Crippen LogP contribution >= 0.6 is 0 Å². The molecule has 0 spiro atoms. The first-order valence-corrected chi connectivity index (χ1v) is 9.20. The standard InChI is InChI=1S/C22H23NO6/c1-5-28-17-9-15(20-14(12-24)10-23-11-16(20)21(17)25)13-7-18(26-3)22(29-6-2)19(8-13)27-4/h7-12,25H,5-6H2,1-4H3. The van der Waals surface area contributed by atoms with Crippen molar-refractivity contribution in [2.24, 2.45) is 0 Å². The molecule has 1 heterocycles. The first-order valence-electron chi connectivity index (χ1n) is 9.20. The lowest BCUT2D eigenvalue weighted by Crippen LogP contribution is -2.00. The largest absolute Gasteiger partial charge is 0.504 e. The van der Waals surface area contributed by atoms with Gasteiger partial charge in [-0.25, -0.2) is 0 Å². The Labute approximate surface area is 168 Å². The van der Waals surface area contributed by atoms with Crippen LogP contribution in [0.2, 0.25) is 0 Å². The van der Waals surface area contributed by atoms with Crippen LogP contribution in [-0.4, -0.2) is 43.8 Å². The highest BCUT2D eigenvalue weighted by molar-refractivity contribution is 6.09. The summed E-state index contributed by atoms with van der Waals surface area (Å²) in [5.74, 6) is 1.70. The van der Waals surface area contributed by atoms with E-state index in [1.54, 1.807) is 32.4 Å². The topological polar surface area (TPSA) is 87.1 Å². The van der Waals surface area contributed by atoms with E-state index in [0.717, 1.165) is 0 Å². The number of phenolic OH excluding ortho intramolecular Hbond substituents is 1. The van der Waals surface area contributed by atoms with Crippen molar-refractivity contribution in [1.29, 1.82) is 0 Å². The van der Waals surface area contributed by atoms with Crippen LogP contribution in [0.25, 0.3) is 21.9 Å². The van der Waals surface area contributed by atoms with E-state index in [4.69, 9.17) is 18.9 Å². The lowest BCUT2D eigenvalue weighted by atomic mass is 9.95. The molecule has 0 fully saturated rings. The van der Waals surface area contributed by atoms with Crippen LogP contribution in [0, 0.1) is 0 Å². The van der Waals surface area contributed by atoms with Crippen LogP contribution in [0.4, 0.5) is 0 Å². The highest BCUT2D eigenvalue weighted by atomic mass is 16.5. The van der Waals surface area contributed by atoms with Crippen molar-refractivity contribution in [3.63, 3.8) is 0 Å². The van der Waals surface area contributed by atoms with Gasteiger partial charge in [0.15, 0.2) is 29.3 Å². The van der Waals surface area contributed by atoms with Crippen LogP contribution in [0.1, 0.15) is 24.2 Å².